The van der Waals surface area contributed by atoms with Gasteiger partial charge in [0.05, 0.1) is 24.8 Å². The lowest BCUT2D eigenvalue weighted by molar-refractivity contribution is -0.124. The van der Waals surface area contributed by atoms with Crippen molar-refractivity contribution in [3.63, 3.8) is 0 Å². The van der Waals surface area contributed by atoms with Crippen LogP contribution in [-0.4, -0.2) is 35.6 Å². The zero-order chi connectivity index (χ0) is 23.0. The van der Waals surface area contributed by atoms with Crippen molar-refractivity contribution in [2.75, 3.05) is 13.7 Å². The topological polar surface area (TPSA) is 98.1 Å². The predicted molar refractivity (Wildman–Crippen MR) is 126 cm³/mol. The highest BCUT2D eigenvalue weighted by molar-refractivity contribution is 5.92. The van der Waals surface area contributed by atoms with E-state index in [1.807, 2.05) is 54.7 Å². The first-order valence-electron chi connectivity index (χ1n) is 11.6. The maximum absolute atomic E-state index is 13.5. The Morgan fingerprint density at radius 3 is 2.85 bits per heavy atom. The van der Waals surface area contributed by atoms with E-state index in [2.05, 4.69) is 16.4 Å². The highest BCUT2D eigenvalue weighted by Gasteiger charge is 2.55. The summed E-state index contributed by atoms with van der Waals surface area (Å²) in [6, 6.07) is 17.5. The summed E-state index contributed by atoms with van der Waals surface area (Å²) in [6.45, 7) is 0.558. The molecule has 2 aromatic carbocycles. The lowest BCUT2D eigenvalue weighted by Gasteiger charge is -2.46. The SMILES string of the molecule is COc1ccccc1[C@]1(O)C[C@H](CC#N)C[C@H]2C(C(=O)Cc3c[nH]c4ccccc34)NC[C@H]21. The zero-order valence-electron chi connectivity index (χ0n) is 18.8. The number of benzene rings is 2. The molecule has 2 aliphatic rings. The van der Waals surface area contributed by atoms with Crippen LogP contribution in [0.4, 0.5) is 0 Å². The number of ketones is 1. The summed E-state index contributed by atoms with van der Waals surface area (Å²) in [4.78, 5) is 16.7. The molecule has 6 heteroatoms. The summed E-state index contributed by atoms with van der Waals surface area (Å²) >= 11 is 0. The molecule has 1 aliphatic carbocycles. The van der Waals surface area contributed by atoms with Crippen LogP contribution in [-0.2, 0) is 16.8 Å². The van der Waals surface area contributed by atoms with Gasteiger partial charge in [0.15, 0.2) is 5.78 Å². The van der Waals surface area contributed by atoms with Crippen molar-refractivity contribution < 1.29 is 14.6 Å². The number of rotatable bonds is 6. The smallest absolute Gasteiger partial charge is 0.154 e. The largest absolute Gasteiger partial charge is 0.496 e. The first kappa shape index (κ1) is 21.7. The molecule has 6 nitrogen and oxygen atoms in total. The van der Waals surface area contributed by atoms with Gasteiger partial charge in [-0.25, -0.2) is 0 Å². The minimum atomic E-state index is -1.15. The van der Waals surface area contributed by atoms with Gasteiger partial charge in [0.1, 0.15) is 5.75 Å². The number of Topliss-reactive ketones (excluding diaryl/α,β-unsaturated/α-hetero) is 1. The van der Waals surface area contributed by atoms with E-state index in [-0.39, 0.29) is 29.6 Å². The van der Waals surface area contributed by atoms with Crippen LogP contribution < -0.4 is 10.1 Å². The van der Waals surface area contributed by atoms with E-state index in [0.29, 0.717) is 31.6 Å². The second-order valence-electron chi connectivity index (χ2n) is 9.45. The lowest BCUT2D eigenvalue weighted by atomic mass is 9.61. The molecule has 0 amide bonds. The second kappa shape index (κ2) is 8.66. The molecule has 2 fully saturated rings. The van der Waals surface area contributed by atoms with Crippen LogP contribution >= 0.6 is 0 Å². The Morgan fingerprint density at radius 1 is 1.24 bits per heavy atom. The third-order valence-electron chi connectivity index (χ3n) is 7.66. The van der Waals surface area contributed by atoms with Crippen molar-refractivity contribution in [1.82, 2.24) is 10.3 Å². The van der Waals surface area contributed by atoms with E-state index in [1.54, 1.807) is 7.11 Å². The average molecular weight is 444 g/mol. The summed E-state index contributed by atoms with van der Waals surface area (Å²) in [5.41, 5.74) is 1.61. The van der Waals surface area contributed by atoms with Crippen LogP contribution in [0.5, 0.6) is 5.75 Å². The van der Waals surface area contributed by atoms with Crippen LogP contribution in [0.15, 0.2) is 54.7 Å². The lowest BCUT2D eigenvalue weighted by Crippen LogP contribution is -2.48. The number of fused-ring (bicyclic) bond motifs is 2. The summed E-state index contributed by atoms with van der Waals surface area (Å²) in [7, 11) is 1.61. The number of para-hydroxylation sites is 2. The molecule has 0 radical (unpaired) electrons. The van der Waals surface area contributed by atoms with Gasteiger partial charge in [-0.05, 0) is 42.4 Å². The molecule has 1 saturated heterocycles. The van der Waals surface area contributed by atoms with E-state index >= 15 is 0 Å². The maximum atomic E-state index is 13.5. The number of nitrogens with one attached hydrogen (secondary N) is 2. The van der Waals surface area contributed by atoms with Gasteiger partial charge in [-0.2, -0.15) is 5.26 Å². The van der Waals surface area contributed by atoms with Gasteiger partial charge in [-0.1, -0.05) is 36.4 Å². The van der Waals surface area contributed by atoms with Gasteiger partial charge in [-0.15, -0.1) is 0 Å². The Balaban J connectivity index is 1.45. The number of aromatic nitrogens is 1. The standard InChI is InChI=1S/C27H29N3O3/c1-33-25-9-5-3-7-21(25)27(32)14-17(10-11-28)12-20-22(27)16-30-26(20)24(31)13-18-15-29-23-8-4-2-6-19(18)23/h2-9,15,17,20,22,26,29-30,32H,10,12-14,16H2,1H3/t17-,20-,22-,26?,27-/m1/s1. The molecule has 3 aromatic rings. The van der Waals surface area contributed by atoms with Crippen molar-refractivity contribution in [1.29, 1.82) is 5.26 Å². The monoisotopic (exact) mass is 443 g/mol. The molecule has 5 rings (SSSR count). The molecular formula is C27H29N3O3. The Labute approximate surface area is 193 Å². The number of hydrogen-bond acceptors (Lipinski definition) is 5. The molecule has 1 unspecified atom stereocenters. The third kappa shape index (κ3) is 3.72. The van der Waals surface area contributed by atoms with Gasteiger partial charge in [0.25, 0.3) is 0 Å². The first-order chi connectivity index (χ1) is 16.0. The van der Waals surface area contributed by atoms with Crippen LogP contribution in [0.25, 0.3) is 10.9 Å². The van der Waals surface area contributed by atoms with Crippen molar-refractivity contribution in [2.24, 2.45) is 17.8 Å². The van der Waals surface area contributed by atoms with Crippen LogP contribution in [0.2, 0.25) is 0 Å². The third-order valence-corrected chi connectivity index (χ3v) is 7.66. The highest BCUT2D eigenvalue weighted by Crippen LogP contribution is 2.52. The number of ether oxygens (including phenoxy) is 1. The Morgan fingerprint density at radius 2 is 2.03 bits per heavy atom. The van der Waals surface area contributed by atoms with Crippen molar-refractivity contribution in [2.45, 2.75) is 37.3 Å². The summed E-state index contributed by atoms with van der Waals surface area (Å²) in [5, 5.41) is 26.0. The number of H-pyrrole nitrogens is 1. The number of nitriles is 1. The zero-order valence-corrected chi connectivity index (χ0v) is 18.8. The Kier molecular flexibility index (Phi) is 5.69. The number of aromatic amines is 1. The quantitative estimate of drug-likeness (QED) is 0.540. The number of nitrogens with zero attached hydrogens (tertiary/aromatic N) is 1. The minimum absolute atomic E-state index is 0.0226. The maximum Gasteiger partial charge on any atom is 0.154 e. The molecule has 5 atom stereocenters. The number of carbonyl (C=O) groups excluding carboxylic acids is 1. The van der Waals surface area contributed by atoms with E-state index in [4.69, 9.17) is 4.74 Å². The molecule has 1 saturated carbocycles. The van der Waals surface area contributed by atoms with E-state index < -0.39 is 5.60 Å². The van der Waals surface area contributed by atoms with Gasteiger partial charge in [-0.3, -0.25) is 4.79 Å². The predicted octanol–water partition coefficient (Wildman–Crippen LogP) is 3.70. The fourth-order valence-electron chi connectivity index (χ4n) is 6.20. The van der Waals surface area contributed by atoms with E-state index in [1.165, 1.54) is 0 Å². The van der Waals surface area contributed by atoms with Gasteiger partial charge in [0.2, 0.25) is 0 Å². The molecular weight excluding hydrogens is 414 g/mol. The molecule has 1 aliphatic heterocycles. The van der Waals surface area contributed by atoms with Gasteiger partial charge < -0.3 is 20.1 Å². The van der Waals surface area contributed by atoms with Gasteiger partial charge >= 0.3 is 0 Å². The fourth-order valence-corrected chi connectivity index (χ4v) is 6.20. The second-order valence-corrected chi connectivity index (χ2v) is 9.45. The van der Waals surface area contributed by atoms with Crippen LogP contribution in [0, 0.1) is 29.1 Å². The van der Waals surface area contributed by atoms with E-state index in [9.17, 15) is 15.2 Å². The number of carbonyl (C=O) groups is 1. The summed E-state index contributed by atoms with van der Waals surface area (Å²) in [5.74, 6) is 0.636. The Bertz CT molecular complexity index is 1210. The van der Waals surface area contributed by atoms with Crippen molar-refractivity contribution in [3.8, 4) is 11.8 Å². The summed E-state index contributed by atoms with van der Waals surface area (Å²) < 4.78 is 5.58. The summed E-state index contributed by atoms with van der Waals surface area (Å²) in [6.07, 6.45) is 3.87. The van der Waals surface area contributed by atoms with Crippen molar-refractivity contribution >= 4 is 16.7 Å². The molecule has 170 valence electrons. The molecule has 2 heterocycles. The number of methoxy groups -OCH3 is 1. The molecule has 0 bridgehead atoms. The minimum Gasteiger partial charge on any atom is -0.496 e. The van der Waals surface area contributed by atoms with Crippen LogP contribution in [0.1, 0.15) is 30.4 Å². The first-order valence-corrected chi connectivity index (χ1v) is 11.6. The van der Waals surface area contributed by atoms with E-state index in [0.717, 1.165) is 28.5 Å². The fraction of sp³-hybridized carbons (Fsp3) is 0.407. The number of hydrogen-bond donors (Lipinski definition) is 3. The average Bonchev–Trinajstić information content (AvgIpc) is 3.44. The number of aliphatic hydroxyl groups is 1. The highest BCUT2D eigenvalue weighted by atomic mass is 16.5. The normalized spacial score (nSPS) is 28.9. The van der Waals surface area contributed by atoms with Crippen molar-refractivity contribution in [3.05, 3.63) is 65.9 Å². The Hall–Kier alpha value is -3.14. The molecule has 3 N–H and O–H groups in total. The molecule has 33 heavy (non-hydrogen) atoms. The molecule has 0 spiro atoms. The molecule has 1 aromatic heterocycles. The van der Waals surface area contributed by atoms with Crippen LogP contribution in [0.3, 0.4) is 0 Å². The van der Waals surface area contributed by atoms with Gasteiger partial charge in [0, 0.05) is 48.0 Å².